The molecule has 101 heavy (non-hydrogen) atoms. The summed E-state index contributed by atoms with van der Waals surface area (Å²) in [5, 5.41) is 15.5. The van der Waals surface area contributed by atoms with Gasteiger partial charge in [0.2, 0.25) is 53.2 Å². The molecule has 0 spiro atoms. The molecule has 9 N–H and O–H groups in total. The van der Waals surface area contributed by atoms with Crippen LogP contribution in [0.15, 0.2) is 91.0 Å². The first-order valence-corrected chi connectivity index (χ1v) is 38.0. The number of carboxylic acids is 1. The summed E-state index contributed by atoms with van der Waals surface area (Å²) < 4.78 is 0. The van der Waals surface area contributed by atoms with Gasteiger partial charge in [-0.15, -0.1) is 0 Å². The highest BCUT2D eigenvalue weighted by Gasteiger charge is 2.37. The molecule has 6 rings (SSSR count). The molecule has 3 aromatic carbocycles. The van der Waals surface area contributed by atoms with Gasteiger partial charge in [-0.3, -0.25) is 43.2 Å². The predicted octanol–water partition coefficient (Wildman–Crippen LogP) is 5.04. The minimum atomic E-state index is -1.23. The molecule has 1 atom stereocenters. The number of carboxylic acid groups (broad SMARTS) is 1. The zero-order valence-electron chi connectivity index (χ0n) is 59.9. The first-order valence-electron chi connectivity index (χ1n) is 37.3. The lowest BCUT2D eigenvalue weighted by molar-refractivity contribution is -0.151. The smallest absolute Gasteiger partial charge is 0.326 e. The lowest BCUT2D eigenvalue weighted by Gasteiger charge is -2.39. The van der Waals surface area contributed by atoms with E-state index >= 15 is 24.0 Å². The van der Waals surface area contributed by atoms with Crippen LogP contribution in [0.2, 0.25) is 0 Å². The van der Waals surface area contributed by atoms with Crippen LogP contribution in [0.4, 0.5) is 0 Å². The zero-order chi connectivity index (χ0) is 72.6. The third kappa shape index (κ3) is 29.8. The van der Waals surface area contributed by atoms with Gasteiger partial charge in [0.05, 0.1) is 39.3 Å². The molecule has 0 aliphatic heterocycles. The molecular weight excluding hydrogens is 1300 g/mol. The van der Waals surface area contributed by atoms with Crippen molar-refractivity contribution in [2.45, 2.75) is 185 Å². The molecule has 24 nitrogen and oxygen atoms in total. The largest absolute Gasteiger partial charge is 0.480 e. The van der Waals surface area contributed by atoms with Gasteiger partial charge in [-0.25, -0.2) is 4.79 Å². The first kappa shape index (κ1) is 82.5. The van der Waals surface area contributed by atoms with Gasteiger partial charge in [0.1, 0.15) is 25.7 Å². The average Bonchev–Trinajstić information content (AvgIpc) is 0.855. The number of amides is 9. The topological polar surface area (TPSA) is 319 Å². The third-order valence-corrected chi connectivity index (χ3v) is 20.0. The number of aliphatic carboxylic acids is 1. The van der Waals surface area contributed by atoms with Gasteiger partial charge < -0.3 is 72.1 Å². The van der Waals surface area contributed by atoms with Gasteiger partial charge >= 0.3 is 5.97 Å². The van der Waals surface area contributed by atoms with Gasteiger partial charge in [0.25, 0.3) is 0 Å². The Morgan fingerprint density at radius 1 is 0.396 bits per heavy atom. The Balaban J connectivity index is 1.27. The summed E-state index contributed by atoms with van der Waals surface area (Å²) in [6.45, 7) is -0.525. The number of unbranched alkanes of at least 4 members (excludes halogenated alkanes) is 3. The fourth-order valence-electron chi connectivity index (χ4n) is 13.8. The molecule has 558 valence electrons. The van der Waals surface area contributed by atoms with Crippen LogP contribution >= 0.6 is 12.6 Å². The number of hydrogen-bond donors (Lipinski definition) is 7. The number of nitrogens with one attached hydrogen (secondary N) is 2. The average molecular weight is 1420 g/mol. The molecule has 0 bridgehead atoms. The maximum absolute atomic E-state index is 15.4. The highest BCUT2D eigenvalue weighted by Crippen LogP contribution is 2.28. The summed E-state index contributed by atoms with van der Waals surface area (Å²) in [4.78, 5) is 158. The van der Waals surface area contributed by atoms with Crippen molar-refractivity contribution >= 4 is 71.8 Å². The van der Waals surface area contributed by atoms with Crippen molar-refractivity contribution in [1.29, 1.82) is 0 Å². The summed E-state index contributed by atoms with van der Waals surface area (Å²) in [7, 11) is 0. The van der Waals surface area contributed by atoms with Gasteiger partial charge in [0.15, 0.2) is 0 Å². The van der Waals surface area contributed by atoms with E-state index in [1.54, 1.807) is 19.6 Å². The van der Waals surface area contributed by atoms with Crippen LogP contribution in [0, 0.1) is 0 Å². The van der Waals surface area contributed by atoms with Gasteiger partial charge in [-0.1, -0.05) is 149 Å². The zero-order valence-corrected chi connectivity index (χ0v) is 60.8. The Bertz CT molecular complexity index is 2990. The molecule has 9 amide bonds. The Kier molecular flexibility index (Phi) is 38.3. The predicted molar refractivity (Wildman–Crippen MR) is 395 cm³/mol. The highest BCUT2D eigenvalue weighted by molar-refractivity contribution is 7.80. The number of nitrogens with zero attached hydrogens (tertiary/aromatic N) is 8. The quantitative estimate of drug-likeness (QED) is 0.0288. The van der Waals surface area contributed by atoms with E-state index in [-0.39, 0.29) is 108 Å². The van der Waals surface area contributed by atoms with Crippen LogP contribution < -0.4 is 27.8 Å². The molecular formula is C76H117N13O11S. The number of rotatable bonds is 46. The molecule has 3 aromatic rings. The minimum absolute atomic E-state index is 0.0286. The Labute approximate surface area is 604 Å². The number of hydrogen-bond acceptors (Lipinski definition) is 15. The van der Waals surface area contributed by atoms with E-state index in [1.807, 2.05) is 91.0 Å². The second kappa shape index (κ2) is 46.9. The normalized spacial score (nSPS) is 14.6. The molecule has 0 saturated heterocycles. The maximum atomic E-state index is 15.4. The maximum Gasteiger partial charge on any atom is 0.326 e. The summed E-state index contributed by atoms with van der Waals surface area (Å²) in [6.07, 6.45) is 16.6. The Hall–Kier alpha value is -7.45. The summed E-state index contributed by atoms with van der Waals surface area (Å²) in [6, 6.07) is 26.7. The second-order valence-corrected chi connectivity index (χ2v) is 27.8. The lowest BCUT2D eigenvalue weighted by Crippen LogP contribution is -2.56. The third-order valence-electron chi connectivity index (χ3n) is 19.8. The fourth-order valence-corrected chi connectivity index (χ4v) is 14.0. The van der Waals surface area contributed by atoms with Crippen LogP contribution in [0.3, 0.4) is 0 Å². The van der Waals surface area contributed by atoms with Crippen LogP contribution in [0.5, 0.6) is 0 Å². The SMILES string of the molecule is NCCCCNCC(=O)N(CCc1ccccc1)CC(=O)N(CC(=O)N(CCc1ccccc1)CC(=O)N(CCCCN)CC(=O)N(CCc1ccccc1)CC(=O)N(CC(=O)N(CC(=O)N(CCCCN)CC(=O)NC(CCS)C(=O)O)C1CCCCC1)C1CCCCC1)C1CCCCC1. The van der Waals surface area contributed by atoms with Crippen molar-refractivity contribution in [2.24, 2.45) is 17.2 Å². The second-order valence-electron chi connectivity index (χ2n) is 27.4. The van der Waals surface area contributed by atoms with Crippen molar-refractivity contribution in [2.75, 3.05) is 124 Å². The van der Waals surface area contributed by atoms with E-state index in [4.69, 9.17) is 17.2 Å². The van der Waals surface area contributed by atoms with E-state index in [9.17, 15) is 29.1 Å². The van der Waals surface area contributed by atoms with Gasteiger partial charge in [-0.05, 0) is 151 Å². The Morgan fingerprint density at radius 2 is 0.713 bits per heavy atom. The lowest BCUT2D eigenvalue weighted by atomic mass is 9.93. The van der Waals surface area contributed by atoms with E-state index in [2.05, 4.69) is 23.3 Å². The van der Waals surface area contributed by atoms with E-state index in [1.165, 1.54) is 19.6 Å². The standard InChI is InChI=1S/C76H117N13O11S/c77-41-19-22-44-80-51-68(91)84(47-37-60-25-7-1-8-26-60)55-73(96)87(63-31-13-4-14-32-63)58-72(95)85(48-38-61-27-9-2-10-28-61)54-69(92)83(46-24-21-43-79)53-70(93)86(49-39-62-29-11-3-12-30-62)56-74(97)89(65-35-17-6-18-36-65)59-75(98)88(64-33-15-5-16-34-64)57-71(94)82(45-23-20-42-78)52-67(90)81-66(40-50-101)76(99)100/h1-3,7-12,25-30,63-66,80,101H,4-6,13-24,31-59,77-79H2,(H,81,90)(H,99,100). The molecule has 3 fully saturated rings. The van der Waals surface area contributed by atoms with Crippen molar-refractivity contribution in [3.8, 4) is 0 Å². The molecule has 3 saturated carbocycles. The summed E-state index contributed by atoms with van der Waals surface area (Å²) in [5.74, 6) is -5.19. The van der Waals surface area contributed by atoms with Crippen LogP contribution in [0.25, 0.3) is 0 Å². The first-order chi connectivity index (χ1) is 49.0. The van der Waals surface area contributed by atoms with Crippen molar-refractivity contribution in [3.63, 3.8) is 0 Å². The number of carbonyl (C=O) groups is 10. The van der Waals surface area contributed by atoms with Crippen LogP contribution in [0.1, 0.15) is 158 Å². The van der Waals surface area contributed by atoms with Crippen LogP contribution in [-0.2, 0) is 67.2 Å². The number of carbonyl (C=O) groups excluding carboxylic acids is 9. The van der Waals surface area contributed by atoms with Crippen molar-refractivity contribution in [1.82, 2.24) is 49.8 Å². The molecule has 1 unspecified atom stereocenters. The minimum Gasteiger partial charge on any atom is -0.480 e. The fraction of sp³-hybridized carbons (Fsp3) is 0.632. The number of nitrogens with two attached hydrogens (primary N) is 3. The Morgan fingerprint density at radius 3 is 1.08 bits per heavy atom. The molecule has 0 aromatic heterocycles. The molecule has 3 aliphatic carbocycles. The summed E-state index contributed by atoms with van der Waals surface area (Å²) >= 11 is 4.16. The molecule has 0 radical (unpaired) electrons. The van der Waals surface area contributed by atoms with E-state index in [0.29, 0.717) is 110 Å². The monoisotopic (exact) mass is 1420 g/mol. The highest BCUT2D eigenvalue weighted by atomic mass is 32.1. The molecule has 25 heteroatoms. The van der Waals surface area contributed by atoms with Crippen molar-refractivity contribution < 1.29 is 53.1 Å². The van der Waals surface area contributed by atoms with Gasteiger partial charge in [0, 0.05) is 50.8 Å². The molecule has 0 heterocycles. The number of thiol groups is 1. The molecule has 3 aliphatic rings. The van der Waals surface area contributed by atoms with Gasteiger partial charge in [-0.2, -0.15) is 12.6 Å². The van der Waals surface area contributed by atoms with Crippen LogP contribution in [-0.4, -0.2) is 251 Å². The van der Waals surface area contributed by atoms with Crippen molar-refractivity contribution in [3.05, 3.63) is 108 Å². The number of benzene rings is 3. The summed E-state index contributed by atoms with van der Waals surface area (Å²) in [5.41, 5.74) is 20.4. The van der Waals surface area contributed by atoms with E-state index < -0.39 is 79.5 Å². The van der Waals surface area contributed by atoms with E-state index in [0.717, 1.165) is 87.3 Å².